The van der Waals surface area contributed by atoms with Gasteiger partial charge in [0.2, 0.25) is 12.7 Å². The van der Waals surface area contributed by atoms with Crippen LogP contribution in [0.2, 0.25) is 0 Å². The van der Waals surface area contributed by atoms with Crippen LogP contribution in [0.4, 0.5) is 5.69 Å². The van der Waals surface area contributed by atoms with E-state index in [0.717, 1.165) is 16.9 Å². The van der Waals surface area contributed by atoms with Gasteiger partial charge in [0.15, 0.2) is 22.8 Å². The van der Waals surface area contributed by atoms with Crippen LogP contribution in [0.15, 0.2) is 59.0 Å². The number of oxazole rings is 1. The molecule has 8 heteroatoms. The normalized spacial score (nSPS) is 12.3. The van der Waals surface area contributed by atoms with Crippen molar-refractivity contribution in [2.24, 2.45) is 0 Å². The first kappa shape index (κ1) is 17.1. The van der Waals surface area contributed by atoms with E-state index in [4.69, 9.17) is 18.6 Å². The van der Waals surface area contributed by atoms with Crippen LogP contribution in [-0.4, -0.2) is 23.8 Å². The van der Waals surface area contributed by atoms with E-state index in [-0.39, 0.29) is 18.2 Å². The van der Waals surface area contributed by atoms with Crippen molar-refractivity contribution < 1.29 is 23.6 Å². The van der Waals surface area contributed by atoms with E-state index < -0.39 is 4.92 Å². The van der Waals surface area contributed by atoms with Crippen molar-refractivity contribution in [3.63, 3.8) is 0 Å². The van der Waals surface area contributed by atoms with Crippen LogP contribution >= 0.6 is 0 Å². The predicted molar refractivity (Wildman–Crippen MR) is 104 cm³/mol. The molecule has 0 saturated carbocycles. The molecule has 0 fully saturated rings. The van der Waals surface area contributed by atoms with Gasteiger partial charge in [-0.05, 0) is 47.5 Å². The van der Waals surface area contributed by atoms with E-state index in [2.05, 4.69) is 4.98 Å². The van der Waals surface area contributed by atoms with Crippen LogP contribution in [0, 0.1) is 10.1 Å². The van der Waals surface area contributed by atoms with Gasteiger partial charge < -0.3 is 18.6 Å². The Morgan fingerprint density at radius 2 is 1.72 bits per heavy atom. The van der Waals surface area contributed by atoms with Crippen LogP contribution in [0.1, 0.15) is 0 Å². The quantitative estimate of drug-likeness (QED) is 0.364. The smallest absolute Gasteiger partial charge is 0.311 e. The molecule has 0 N–H and O–H groups in total. The lowest BCUT2D eigenvalue weighted by Crippen LogP contribution is -1.94. The van der Waals surface area contributed by atoms with Gasteiger partial charge in [0.05, 0.1) is 12.0 Å². The third-order valence-corrected chi connectivity index (χ3v) is 4.72. The lowest BCUT2D eigenvalue weighted by Gasteiger charge is -2.03. The Labute approximate surface area is 164 Å². The number of fused-ring (bicyclic) bond motifs is 2. The Kier molecular flexibility index (Phi) is 3.83. The molecule has 0 saturated heterocycles. The molecule has 144 valence electrons. The van der Waals surface area contributed by atoms with E-state index in [9.17, 15) is 10.1 Å². The lowest BCUT2D eigenvalue weighted by molar-refractivity contribution is -0.385. The summed E-state index contributed by atoms with van der Waals surface area (Å²) in [5.74, 6) is 1.90. The van der Waals surface area contributed by atoms with E-state index in [0.29, 0.717) is 28.3 Å². The molecule has 1 aliphatic rings. The molecule has 0 amide bonds. The third kappa shape index (κ3) is 2.91. The summed E-state index contributed by atoms with van der Waals surface area (Å²) in [5, 5.41) is 11.3. The average Bonchev–Trinajstić information content (AvgIpc) is 3.38. The van der Waals surface area contributed by atoms with Gasteiger partial charge in [-0.15, -0.1) is 0 Å². The molecule has 4 aromatic rings. The Morgan fingerprint density at radius 1 is 0.966 bits per heavy atom. The zero-order valence-electron chi connectivity index (χ0n) is 15.2. The molecule has 0 bridgehead atoms. The predicted octanol–water partition coefficient (Wildman–Crippen LogP) is 4.81. The fourth-order valence-corrected chi connectivity index (χ4v) is 3.27. The largest absolute Gasteiger partial charge is 0.490 e. The number of aromatic nitrogens is 1. The zero-order valence-corrected chi connectivity index (χ0v) is 15.2. The minimum atomic E-state index is -0.497. The van der Waals surface area contributed by atoms with E-state index in [1.54, 1.807) is 6.07 Å². The third-order valence-electron chi connectivity index (χ3n) is 4.72. The van der Waals surface area contributed by atoms with E-state index >= 15 is 0 Å². The van der Waals surface area contributed by atoms with Gasteiger partial charge in [-0.3, -0.25) is 10.1 Å². The fourth-order valence-electron chi connectivity index (χ4n) is 3.27. The second-order valence-electron chi connectivity index (χ2n) is 6.41. The Bertz CT molecular complexity index is 1260. The molecule has 1 aliphatic heterocycles. The van der Waals surface area contributed by atoms with E-state index in [1.807, 2.05) is 36.4 Å². The molecule has 0 spiro atoms. The summed E-state index contributed by atoms with van der Waals surface area (Å²) in [4.78, 5) is 15.3. The van der Waals surface area contributed by atoms with Crippen LogP contribution in [-0.2, 0) is 0 Å². The maximum atomic E-state index is 11.3. The highest BCUT2D eigenvalue weighted by atomic mass is 16.7. The second kappa shape index (κ2) is 6.52. The van der Waals surface area contributed by atoms with Gasteiger partial charge in [-0.25, -0.2) is 4.98 Å². The number of rotatable bonds is 4. The van der Waals surface area contributed by atoms with Crippen molar-refractivity contribution in [3.8, 4) is 39.8 Å². The van der Waals surface area contributed by atoms with Gasteiger partial charge in [0.25, 0.3) is 0 Å². The van der Waals surface area contributed by atoms with Crippen LogP contribution in [0.5, 0.6) is 17.2 Å². The molecule has 1 aromatic heterocycles. The first-order valence-electron chi connectivity index (χ1n) is 8.76. The summed E-state index contributed by atoms with van der Waals surface area (Å²) in [6, 6.07) is 16.0. The molecule has 3 aromatic carbocycles. The lowest BCUT2D eigenvalue weighted by atomic mass is 10.0. The van der Waals surface area contributed by atoms with Crippen LogP contribution < -0.4 is 14.2 Å². The van der Waals surface area contributed by atoms with Gasteiger partial charge >= 0.3 is 5.69 Å². The summed E-state index contributed by atoms with van der Waals surface area (Å²) in [5.41, 5.74) is 3.49. The van der Waals surface area contributed by atoms with Crippen LogP contribution in [0.3, 0.4) is 0 Å². The summed E-state index contributed by atoms with van der Waals surface area (Å²) in [6.45, 7) is 0.221. The number of benzene rings is 3. The molecular formula is C21H14N2O6. The van der Waals surface area contributed by atoms with Gasteiger partial charge in [0.1, 0.15) is 5.52 Å². The monoisotopic (exact) mass is 390 g/mol. The molecule has 0 aliphatic carbocycles. The van der Waals surface area contributed by atoms with Gasteiger partial charge in [0, 0.05) is 11.6 Å². The fraction of sp³-hybridized carbons (Fsp3) is 0.0952. The van der Waals surface area contributed by atoms with E-state index in [1.165, 1.54) is 19.2 Å². The molecule has 29 heavy (non-hydrogen) atoms. The van der Waals surface area contributed by atoms with Crippen molar-refractivity contribution in [1.29, 1.82) is 0 Å². The Hall–Kier alpha value is -4.07. The molecule has 5 rings (SSSR count). The molecular weight excluding hydrogens is 376 g/mol. The second-order valence-corrected chi connectivity index (χ2v) is 6.41. The highest BCUT2D eigenvalue weighted by molar-refractivity contribution is 5.83. The van der Waals surface area contributed by atoms with Crippen molar-refractivity contribution >= 4 is 16.8 Å². The first-order valence-corrected chi connectivity index (χ1v) is 8.76. The molecule has 2 heterocycles. The van der Waals surface area contributed by atoms with Crippen molar-refractivity contribution in [3.05, 3.63) is 64.7 Å². The highest BCUT2D eigenvalue weighted by Crippen LogP contribution is 2.37. The zero-order chi connectivity index (χ0) is 20.0. The van der Waals surface area contributed by atoms with Gasteiger partial charge in [-0.2, -0.15) is 0 Å². The maximum Gasteiger partial charge on any atom is 0.311 e. The first-order chi connectivity index (χ1) is 14.1. The number of hydrogen-bond acceptors (Lipinski definition) is 7. The SMILES string of the molecule is COc1ccc(-c2nc3cc(-c4ccc5c(c4)OCO5)ccc3o2)cc1[N+](=O)[O-]. The summed E-state index contributed by atoms with van der Waals surface area (Å²) in [6.07, 6.45) is 0. The Morgan fingerprint density at radius 3 is 2.55 bits per heavy atom. The molecule has 0 atom stereocenters. The van der Waals surface area contributed by atoms with Crippen molar-refractivity contribution in [1.82, 2.24) is 4.98 Å². The number of methoxy groups -OCH3 is 1. The summed E-state index contributed by atoms with van der Waals surface area (Å²) < 4.78 is 21.6. The topological polar surface area (TPSA) is 96.9 Å². The number of hydrogen-bond donors (Lipinski definition) is 0. The van der Waals surface area contributed by atoms with Gasteiger partial charge in [-0.1, -0.05) is 12.1 Å². The molecule has 0 unspecified atom stereocenters. The van der Waals surface area contributed by atoms with Crippen molar-refractivity contribution in [2.45, 2.75) is 0 Å². The average molecular weight is 390 g/mol. The number of nitro benzene ring substituents is 1. The molecule has 0 radical (unpaired) electrons. The number of nitro groups is 1. The minimum Gasteiger partial charge on any atom is -0.490 e. The maximum absolute atomic E-state index is 11.3. The summed E-state index contributed by atoms with van der Waals surface area (Å²) in [7, 11) is 1.39. The number of ether oxygens (including phenoxy) is 3. The summed E-state index contributed by atoms with van der Waals surface area (Å²) >= 11 is 0. The van der Waals surface area contributed by atoms with Crippen molar-refractivity contribution in [2.75, 3.05) is 13.9 Å². The minimum absolute atomic E-state index is 0.145. The highest BCUT2D eigenvalue weighted by Gasteiger charge is 2.19. The van der Waals surface area contributed by atoms with Crippen LogP contribution in [0.25, 0.3) is 33.7 Å². The standard InChI is InChI=1S/C21H14N2O6/c1-26-18-6-4-14(9-16(18)23(24)25)21-22-15-8-12(2-5-17(15)29-21)13-3-7-19-20(10-13)28-11-27-19/h2-10H,11H2,1H3. The molecule has 8 nitrogen and oxygen atoms in total. The number of nitrogens with zero attached hydrogens (tertiary/aromatic N) is 2. The Balaban J connectivity index is 1.55.